The van der Waals surface area contributed by atoms with Gasteiger partial charge < -0.3 is 9.47 Å². The Morgan fingerprint density at radius 2 is 1.85 bits per heavy atom. The number of carbonyl (C=O) groups is 3. The molecular weight excluding hydrogens is 260 g/mol. The Morgan fingerprint density at radius 1 is 1.20 bits per heavy atom. The second-order valence-corrected chi connectivity index (χ2v) is 4.65. The Morgan fingerprint density at radius 3 is 2.40 bits per heavy atom. The van der Waals surface area contributed by atoms with Crippen molar-refractivity contribution in [3.05, 3.63) is 29.3 Å². The van der Waals surface area contributed by atoms with Crippen molar-refractivity contribution in [2.75, 3.05) is 7.11 Å². The third-order valence-electron chi connectivity index (χ3n) is 3.16. The number of rotatable bonds is 5. The van der Waals surface area contributed by atoms with Crippen molar-refractivity contribution < 1.29 is 23.9 Å². The number of ether oxygens (including phenoxy) is 2. The Hall–Kier alpha value is -2.17. The van der Waals surface area contributed by atoms with Crippen molar-refractivity contribution in [2.24, 2.45) is 5.92 Å². The molecule has 5 heteroatoms. The van der Waals surface area contributed by atoms with Crippen LogP contribution in [0.25, 0.3) is 0 Å². The van der Waals surface area contributed by atoms with E-state index < -0.39 is 11.9 Å². The second kappa shape index (κ2) is 5.86. The molecule has 0 heterocycles. The topological polar surface area (TPSA) is 69.7 Å². The van der Waals surface area contributed by atoms with Crippen molar-refractivity contribution in [3.8, 4) is 5.75 Å². The first-order chi connectivity index (χ1) is 9.58. The van der Waals surface area contributed by atoms with Crippen molar-refractivity contribution in [2.45, 2.75) is 26.2 Å². The van der Waals surface area contributed by atoms with E-state index in [9.17, 15) is 14.4 Å². The number of hydrogen-bond acceptors (Lipinski definition) is 5. The second-order valence-electron chi connectivity index (χ2n) is 4.65. The molecule has 106 valence electrons. The fourth-order valence-electron chi connectivity index (χ4n) is 1.83. The van der Waals surface area contributed by atoms with Gasteiger partial charge in [-0.05, 0) is 25.0 Å². The lowest BCUT2D eigenvalue weighted by atomic mass is 10.0. The Bertz CT molecular complexity index is 523. The van der Waals surface area contributed by atoms with Gasteiger partial charge in [0.25, 0.3) is 0 Å². The summed E-state index contributed by atoms with van der Waals surface area (Å²) >= 11 is 0. The van der Waals surface area contributed by atoms with Gasteiger partial charge in [0, 0.05) is 6.42 Å². The molecule has 0 aliphatic heterocycles. The van der Waals surface area contributed by atoms with E-state index in [1.165, 1.54) is 13.2 Å². The number of ketones is 1. The van der Waals surface area contributed by atoms with E-state index in [-0.39, 0.29) is 35.0 Å². The number of methoxy groups -OCH3 is 1. The molecule has 0 aromatic heterocycles. The van der Waals surface area contributed by atoms with Gasteiger partial charge >= 0.3 is 11.9 Å². The van der Waals surface area contributed by atoms with Crippen LogP contribution in [0.5, 0.6) is 5.75 Å². The number of hydrogen-bond donors (Lipinski definition) is 0. The summed E-state index contributed by atoms with van der Waals surface area (Å²) in [6.07, 6.45) is 1.84. The van der Waals surface area contributed by atoms with E-state index in [2.05, 4.69) is 4.74 Å². The highest BCUT2D eigenvalue weighted by Gasteiger charge is 2.33. The Balaban J connectivity index is 2.43. The molecular formula is C15H16O5. The molecule has 0 spiro atoms. The Labute approximate surface area is 116 Å². The van der Waals surface area contributed by atoms with Gasteiger partial charge in [-0.15, -0.1) is 0 Å². The van der Waals surface area contributed by atoms with Crippen LogP contribution in [0, 0.1) is 5.92 Å². The lowest BCUT2D eigenvalue weighted by molar-refractivity contribution is -0.135. The summed E-state index contributed by atoms with van der Waals surface area (Å²) in [5.41, 5.74) is 0.338. The third kappa shape index (κ3) is 2.87. The molecule has 2 rings (SSSR count). The smallest absolute Gasteiger partial charge is 0.341 e. The maximum Gasteiger partial charge on any atom is 0.341 e. The molecule has 5 nitrogen and oxygen atoms in total. The van der Waals surface area contributed by atoms with Crippen LogP contribution in [-0.2, 0) is 9.53 Å². The van der Waals surface area contributed by atoms with Gasteiger partial charge in [-0.3, -0.25) is 9.59 Å². The van der Waals surface area contributed by atoms with Crippen molar-refractivity contribution in [1.29, 1.82) is 0 Å². The lowest BCUT2D eigenvalue weighted by Crippen LogP contribution is -2.16. The molecule has 1 aliphatic rings. The molecule has 1 saturated carbocycles. The van der Waals surface area contributed by atoms with E-state index in [1.54, 1.807) is 19.1 Å². The number of Topliss-reactive ketones (excluding diaryl/α,β-unsaturated/α-hetero) is 1. The van der Waals surface area contributed by atoms with Crippen LogP contribution in [0.1, 0.15) is 46.9 Å². The highest BCUT2D eigenvalue weighted by molar-refractivity contribution is 6.04. The number of esters is 2. The van der Waals surface area contributed by atoms with Gasteiger partial charge in [-0.25, -0.2) is 4.79 Å². The van der Waals surface area contributed by atoms with E-state index >= 15 is 0 Å². The predicted molar refractivity (Wildman–Crippen MR) is 70.8 cm³/mol. The first-order valence-electron chi connectivity index (χ1n) is 6.54. The molecule has 20 heavy (non-hydrogen) atoms. The van der Waals surface area contributed by atoms with Gasteiger partial charge in [-0.1, -0.05) is 13.0 Å². The summed E-state index contributed by atoms with van der Waals surface area (Å²) in [6.45, 7) is 1.71. The van der Waals surface area contributed by atoms with Gasteiger partial charge in [0.1, 0.15) is 5.56 Å². The molecule has 1 fully saturated rings. The van der Waals surface area contributed by atoms with Crippen LogP contribution in [0.2, 0.25) is 0 Å². The maximum absolute atomic E-state index is 11.9. The predicted octanol–water partition coefficient (Wildman–Crippen LogP) is 2.38. The quantitative estimate of drug-likeness (QED) is 0.469. The molecule has 0 saturated heterocycles. The summed E-state index contributed by atoms with van der Waals surface area (Å²) in [6, 6.07) is 4.60. The average Bonchev–Trinajstić information content (AvgIpc) is 3.30. The fourth-order valence-corrected chi connectivity index (χ4v) is 1.83. The third-order valence-corrected chi connectivity index (χ3v) is 3.16. The summed E-state index contributed by atoms with van der Waals surface area (Å²) in [5.74, 6) is -1.32. The molecule has 1 aromatic carbocycles. The minimum Gasteiger partial charge on any atom is -0.465 e. The molecule has 0 bridgehead atoms. The van der Waals surface area contributed by atoms with Crippen LogP contribution in [0.3, 0.4) is 0 Å². The lowest BCUT2D eigenvalue weighted by Gasteiger charge is -2.12. The zero-order chi connectivity index (χ0) is 14.7. The average molecular weight is 276 g/mol. The fraction of sp³-hybridized carbons (Fsp3) is 0.400. The van der Waals surface area contributed by atoms with Gasteiger partial charge in [0.15, 0.2) is 11.5 Å². The van der Waals surface area contributed by atoms with E-state index in [4.69, 9.17) is 4.74 Å². The molecule has 1 aromatic rings. The van der Waals surface area contributed by atoms with Crippen LogP contribution < -0.4 is 4.74 Å². The Kier molecular flexibility index (Phi) is 4.17. The van der Waals surface area contributed by atoms with Crippen LogP contribution in [0.15, 0.2) is 18.2 Å². The van der Waals surface area contributed by atoms with Gasteiger partial charge in [0.05, 0.1) is 18.6 Å². The standard InChI is InChI=1S/C15H16O5/c1-3-12(16)10-5-4-6-11(15(18)19-2)13(10)20-14(17)9-7-8-9/h4-6,9H,3,7-8H2,1-2H3. The largest absolute Gasteiger partial charge is 0.465 e. The zero-order valence-electron chi connectivity index (χ0n) is 11.5. The highest BCUT2D eigenvalue weighted by Crippen LogP contribution is 2.33. The maximum atomic E-state index is 11.9. The van der Waals surface area contributed by atoms with Gasteiger partial charge in [0.2, 0.25) is 0 Å². The van der Waals surface area contributed by atoms with Crippen molar-refractivity contribution >= 4 is 17.7 Å². The van der Waals surface area contributed by atoms with Crippen LogP contribution in [0.4, 0.5) is 0 Å². The molecule has 0 amide bonds. The van der Waals surface area contributed by atoms with Crippen molar-refractivity contribution in [1.82, 2.24) is 0 Å². The number of benzene rings is 1. The van der Waals surface area contributed by atoms with Crippen molar-refractivity contribution in [3.63, 3.8) is 0 Å². The van der Waals surface area contributed by atoms with E-state index in [0.29, 0.717) is 0 Å². The summed E-state index contributed by atoms with van der Waals surface area (Å²) < 4.78 is 9.95. The monoisotopic (exact) mass is 276 g/mol. The summed E-state index contributed by atoms with van der Waals surface area (Å²) in [4.78, 5) is 35.5. The summed E-state index contributed by atoms with van der Waals surface area (Å²) in [7, 11) is 1.24. The first kappa shape index (κ1) is 14.2. The van der Waals surface area contributed by atoms with Gasteiger partial charge in [-0.2, -0.15) is 0 Å². The zero-order valence-corrected chi connectivity index (χ0v) is 11.5. The molecule has 0 unspecified atom stereocenters. The number of carbonyl (C=O) groups excluding carboxylic acids is 3. The molecule has 1 aliphatic carbocycles. The normalized spacial score (nSPS) is 13.7. The molecule has 0 atom stereocenters. The first-order valence-corrected chi connectivity index (χ1v) is 6.54. The molecule has 0 radical (unpaired) electrons. The molecule has 0 N–H and O–H groups in total. The summed E-state index contributed by atoms with van der Waals surface area (Å²) in [5, 5.41) is 0. The van der Waals surface area contributed by atoms with Crippen LogP contribution >= 0.6 is 0 Å². The number of para-hydroxylation sites is 1. The SMILES string of the molecule is CCC(=O)c1cccc(C(=O)OC)c1OC(=O)C1CC1. The minimum atomic E-state index is -0.630. The van der Waals surface area contributed by atoms with E-state index in [0.717, 1.165) is 12.8 Å². The highest BCUT2D eigenvalue weighted by atomic mass is 16.5. The minimum absolute atomic E-state index is 0.0168. The van der Waals surface area contributed by atoms with Crippen LogP contribution in [-0.4, -0.2) is 24.8 Å². The van der Waals surface area contributed by atoms with E-state index in [1.807, 2.05) is 0 Å².